The van der Waals surface area contributed by atoms with Gasteiger partial charge in [0.05, 0.1) is 10.7 Å². The molecule has 0 aliphatic rings. The SMILES string of the molecule is CN(c1ncc(C(F)(F)F)c(OCC(F)(F)F)n1)c1ccccc1Cl. The number of rotatable bonds is 4. The van der Waals surface area contributed by atoms with Crippen LogP contribution in [-0.2, 0) is 6.18 Å². The third-order valence-electron chi connectivity index (χ3n) is 2.93. The Hall–Kier alpha value is -2.23. The molecule has 0 atom stereocenters. The largest absolute Gasteiger partial charge is 0.467 e. The highest BCUT2D eigenvalue weighted by molar-refractivity contribution is 6.33. The van der Waals surface area contributed by atoms with Gasteiger partial charge >= 0.3 is 12.4 Å². The van der Waals surface area contributed by atoms with Gasteiger partial charge in [-0.05, 0) is 12.1 Å². The van der Waals surface area contributed by atoms with Gasteiger partial charge in [-0.1, -0.05) is 23.7 Å². The molecule has 0 radical (unpaired) electrons. The molecule has 136 valence electrons. The number of anilines is 2. The fourth-order valence-corrected chi connectivity index (χ4v) is 2.07. The first kappa shape index (κ1) is 19.1. The molecule has 0 aliphatic heterocycles. The second-order valence-electron chi connectivity index (χ2n) is 4.80. The first-order valence-corrected chi connectivity index (χ1v) is 6.99. The van der Waals surface area contributed by atoms with Crippen LogP contribution in [0.15, 0.2) is 30.5 Å². The molecular formula is C14H10ClF6N3O. The van der Waals surface area contributed by atoms with Gasteiger partial charge in [-0.2, -0.15) is 31.3 Å². The summed E-state index contributed by atoms with van der Waals surface area (Å²) in [5.74, 6) is -1.52. The Balaban J connectivity index is 2.42. The molecule has 0 bridgehead atoms. The van der Waals surface area contributed by atoms with Crippen molar-refractivity contribution in [1.29, 1.82) is 0 Å². The van der Waals surface area contributed by atoms with Crippen molar-refractivity contribution in [3.63, 3.8) is 0 Å². The molecule has 0 amide bonds. The van der Waals surface area contributed by atoms with Crippen LogP contribution in [0.25, 0.3) is 0 Å². The lowest BCUT2D eigenvalue weighted by Gasteiger charge is -2.20. The summed E-state index contributed by atoms with van der Waals surface area (Å²) in [6.45, 7) is -1.91. The van der Waals surface area contributed by atoms with Crippen LogP contribution in [0.1, 0.15) is 5.56 Å². The zero-order valence-electron chi connectivity index (χ0n) is 12.5. The lowest BCUT2D eigenvalue weighted by atomic mass is 10.3. The molecule has 0 saturated heterocycles. The van der Waals surface area contributed by atoms with E-state index in [2.05, 4.69) is 14.7 Å². The molecule has 1 heterocycles. The van der Waals surface area contributed by atoms with Gasteiger partial charge in [-0.3, -0.25) is 0 Å². The molecule has 4 nitrogen and oxygen atoms in total. The average Bonchev–Trinajstić information content (AvgIpc) is 2.51. The van der Waals surface area contributed by atoms with Crippen molar-refractivity contribution < 1.29 is 31.1 Å². The second-order valence-corrected chi connectivity index (χ2v) is 5.21. The smallest absolute Gasteiger partial charge is 0.423 e. The standard InChI is InChI=1S/C14H10ClF6N3O/c1-24(10-5-3-2-4-9(10)15)12-22-6-8(14(19,20)21)11(23-12)25-7-13(16,17)18/h2-6H,7H2,1H3. The molecule has 2 aromatic rings. The Kier molecular flexibility index (Phi) is 5.31. The van der Waals surface area contributed by atoms with E-state index in [0.29, 0.717) is 11.9 Å². The van der Waals surface area contributed by atoms with Crippen molar-refractivity contribution in [2.75, 3.05) is 18.6 Å². The Bertz CT molecular complexity index is 750. The molecule has 0 N–H and O–H groups in total. The van der Waals surface area contributed by atoms with Gasteiger partial charge in [0, 0.05) is 13.2 Å². The van der Waals surface area contributed by atoms with Crippen molar-refractivity contribution in [3.8, 4) is 5.88 Å². The highest BCUT2D eigenvalue weighted by atomic mass is 35.5. The number of hydrogen-bond acceptors (Lipinski definition) is 4. The number of hydrogen-bond donors (Lipinski definition) is 0. The first-order valence-electron chi connectivity index (χ1n) is 6.61. The maximum Gasteiger partial charge on any atom is 0.423 e. The molecule has 0 fully saturated rings. The van der Waals surface area contributed by atoms with Gasteiger partial charge in [0.2, 0.25) is 11.8 Å². The maximum absolute atomic E-state index is 12.9. The van der Waals surface area contributed by atoms with Crippen LogP contribution in [-0.4, -0.2) is 29.8 Å². The third-order valence-corrected chi connectivity index (χ3v) is 3.25. The fraction of sp³-hybridized carbons (Fsp3) is 0.286. The van der Waals surface area contributed by atoms with E-state index in [-0.39, 0.29) is 11.0 Å². The Morgan fingerprint density at radius 1 is 1.12 bits per heavy atom. The van der Waals surface area contributed by atoms with E-state index < -0.39 is 30.4 Å². The average molecular weight is 386 g/mol. The number of alkyl halides is 6. The van der Waals surface area contributed by atoms with Crippen LogP contribution in [0.2, 0.25) is 5.02 Å². The summed E-state index contributed by atoms with van der Waals surface area (Å²) in [6.07, 6.45) is -9.42. The molecule has 25 heavy (non-hydrogen) atoms. The van der Waals surface area contributed by atoms with Gasteiger partial charge in [-0.15, -0.1) is 0 Å². The molecule has 1 aromatic carbocycles. The predicted octanol–water partition coefficient (Wildman–Crippen LogP) is 4.86. The fourth-order valence-electron chi connectivity index (χ4n) is 1.81. The molecule has 0 aliphatic carbocycles. The molecular weight excluding hydrogens is 376 g/mol. The van der Waals surface area contributed by atoms with Gasteiger partial charge in [-0.25, -0.2) is 4.98 Å². The number of benzene rings is 1. The summed E-state index contributed by atoms with van der Waals surface area (Å²) < 4.78 is 79.8. The second kappa shape index (κ2) is 6.95. The number of ether oxygens (including phenoxy) is 1. The topological polar surface area (TPSA) is 38.2 Å². The van der Waals surface area contributed by atoms with Gasteiger partial charge in [0.15, 0.2) is 6.61 Å². The van der Waals surface area contributed by atoms with Crippen LogP contribution < -0.4 is 9.64 Å². The zero-order chi connectivity index (χ0) is 18.8. The molecule has 1 aromatic heterocycles. The molecule has 11 heteroatoms. The Labute approximate surface area is 143 Å². The normalized spacial score (nSPS) is 12.2. The predicted molar refractivity (Wildman–Crippen MR) is 78.1 cm³/mol. The summed E-state index contributed by atoms with van der Waals surface area (Å²) in [5, 5.41) is 0.256. The highest BCUT2D eigenvalue weighted by Gasteiger charge is 2.38. The van der Waals surface area contributed by atoms with Crippen molar-refractivity contribution in [3.05, 3.63) is 41.0 Å². The summed E-state index contributed by atoms with van der Waals surface area (Å²) >= 11 is 5.98. The number of aromatic nitrogens is 2. The molecule has 0 unspecified atom stereocenters. The first-order chi connectivity index (χ1) is 11.5. The minimum atomic E-state index is -4.97. The monoisotopic (exact) mass is 385 g/mol. The van der Waals surface area contributed by atoms with Crippen LogP contribution in [0.3, 0.4) is 0 Å². The lowest BCUT2D eigenvalue weighted by molar-refractivity contribution is -0.159. The Morgan fingerprint density at radius 2 is 1.76 bits per heavy atom. The van der Waals surface area contributed by atoms with E-state index in [0.717, 1.165) is 0 Å². The van der Waals surface area contributed by atoms with E-state index in [1.165, 1.54) is 18.0 Å². The summed E-state index contributed by atoms with van der Waals surface area (Å²) in [6, 6.07) is 6.31. The summed E-state index contributed by atoms with van der Waals surface area (Å²) in [4.78, 5) is 8.24. The van der Waals surface area contributed by atoms with E-state index in [9.17, 15) is 26.3 Å². The van der Waals surface area contributed by atoms with Crippen molar-refractivity contribution in [2.24, 2.45) is 0 Å². The van der Waals surface area contributed by atoms with E-state index in [1.807, 2.05) is 0 Å². The van der Waals surface area contributed by atoms with Crippen molar-refractivity contribution in [2.45, 2.75) is 12.4 Å². The van der Waals surface area contributed by atoms with Gasteiger partial charge < -0.3 is 9.64 Å². The lowest BCUT2D eigenvalue weighted by Crippen LogP contribution is -2.23. The molecule has 2 rings (SSSR count). The zero-order valence-corrected chi connectivity index (χ0v) is 13.2. The number of para-hydroxylation sites is 1. The number of halogens is 7. The van der Waals surface area contributed by atoms with Crippen molar-refractivity contribution >= 4 is 23.2 Å². The van der Waals surface area contributed by atoms with Crippen LogP contribution >= 0.6 is 11.6 Å². The van der Waals surface area contributed by atoms with Crippen LogP contribution in [0.4, 0.5) is 38.0 Å². The summed E-state index contributed by atoms with van der Waals surface area (Å²) in [7, 11) is 1.40. The quantitative estimate of drug-likeness (QED) is 0.705. The van der Waals surface area contributed by atoms with Crippen LogP contribution in [0.5, 0.6) is 5.88 Å². The van der Waals surface area contributed by atoms with Crippen molar-refractivity contribution in [1.82, 2.24) is 9.97 Å². The third kappa shape index (κ3) is 4.88. The van der Waals surface area contributed by atoms with Crippen LogP contribution in [0, 0.1) is 0 Å². The van der Waals surface area contributed by atoms with Gasteiger partial charge in [0.1, 0.15) is 5.56 Å². The highest BCUT2D eigenvalue weighted by Crippen LogP contribution is 2.37. The molecule has 0 spiro atoms. The summed E-state index contributed by atoms with van der Waals surface area (Å²) in [5.41, 5.74) is -1.15. The minimum absolute atomic E-state index is 0.256. The van der Waals surface area contributed by atoms with E-state index in [4.69, 9.17) is 11.6 Å². The Morgan fingerprint density at radius 3 is 2.32 bits per heavy atom. The van der Waals surface area contributed by atoms with E-state index >= 15 is 0 Å². The van der Waals surface area contributed by atoms with E-state index in [1.54, 1.807) is 18.2 Å². The molecule has 0 saturated carbocycles. The maximum atomic E-state index is 12.9. The van der Waals surface area contributed by atoms with Gasteiger partial charge in [0.25, 0.3) is 0 Å². The number of nitrogens with zero attached hydrogens (tertiary/aromatic N) is 3. The minimum Gasteiger partial charge on any atom is -0.467 e.